The third kappa shape index (κ3) is 3.50. The van der Waals surface area contributed by atoms with E-state index in [9.17, 15) is 0 Å². The molecule has 0 saturated heterocycles. The minimum atomic E-state index is -0.125. The van der Waals surface area contributed by atoms with E-state index < -0.39 is 0 Å². The molecule has 1 aliphatic carbocycles. The summed E-state index contributed by atoms with van der Waals surface area (Å²) >= 11 is 0. The Morgan fingerprint density at radius 2 is 2.04 bits per heavy atom. The Hall–Kier alpha value is -2.83. The molecule has 1 saturated carbocycles. The monoisotopic (exact) mass is 336 g/mol. The standard InChI is InChI=1S/C18H20N6O/c1-11(2)15(21-14-7-9-20-16(22-14)12-5-6-12)18-23-17(24-25-18)13-4-3-8-19-10-13/h3-4,7-12,15H,5-6H2,1-2H3,(H,20,21,22). The molecule has 1 N–H and O–H groups in total. The molecule has 128 valence electrons. The van der Waals surface area contributed by atoms with E-state index in [4.69, 9.17) is 4.52 Å². The number of hydrogen-bond acceptors (Lipinski definition) is 7. The summed E-state index contributed by atoms with van der Waals surface area (Å²) in [4.78, 5) is 17.6. The van der Waals surface area contributed by atoms with Crippen LogP contribution in [0.2, 0.25) is 0 Å². The normalized spacial score (nSPS) is 15.3. The molecule has 4 rings (SSSR count). The zero-order valence-corrected chi connectivity index (χ0v) is 14.3. The van der Waals surface area contributed by atoms with Crippen molar-refractivity contribution in [3.05, 3.63) is 48.5 Å². The van der Waals surface area contributed by atoms with Crippen LogP contribution in [0.25, 0.3) is 11.4 Å². The predicted molar refractivity (Wildman–Crippen MR) is 92.7 cm³/mol. The number of nitrogens with zero attached hydrogens (tertiary/aromatic N) is 5. The summed E-state index contributed by atoms with van der Waals surface area (Å²) in [5, 5.41) is 7.51. The molecular weight excluding hydrogens is 316 g/mol. The highest BCUT2D eigenvalue weighted by molar-refractivity contribution is 5.52. The van der Waals surface area contributed by atoms with Gasteiger partial charge in [-0.2, -0.15) is 4.98 Å². The molecule has 0 spiro atoms. The van der Waals surface area contributed by atoms with Crippen LogP contribution in [0.3, 0.4) is 0 Å². The molecular formula is C18H20N6O. The Labute approximate surface area is 145 Å². The van der Waals surface area contributed by atoms with Gasteiger partial charge in [0.05, 0.1) is 0 Å². The maximum atomic E-state index is 5.51. The van der Waals surface area contributed by atoms with Crippen molar-refractivity contribution in [3.63, 3.8) is 0 Å². The summed E-state index contributed by atoms with van der Waals surface area (Å²) in [6, 6.07) is 5.51. The van der Waals surface area contributed by atoms with Crippen LogP contribution in [0, 0.1) is 5.92 Å². The molecule has 3 heterocycles. The molecule has 3 aromatic rings. The van der Waals surface area contributed by atoms with Crippen LogP contribution >= 0.6 is 0 Å². The van der Waals surface area contributed by atoms with Crippen LogP contribution in [-0.2, 0) is 0 Å². The predicted octanol–water partition coefficient (Wildman–Crippen LogP) is 3.61. The first-order chi connectivity index (χ1) is 12.2. The first-order valence-electron chi connectivity index (χ1n) is 8.54. The maximum absolute atomic E-state index is 5.51. The molecule has 7 nitrogen and oxygen atoms in total. The lowest BCUT2D eigenvalue weighted by Crippen LogP contribution is -2.18. The topological polar surface area (TPSA) is 89.6 Å². The number of aromatic nitrogens is 5. The fraction of sp³-hybridized carbons (Fsp3) is 0.389. The third-order valence-corrected chi connectivity index (χ3v) is 4.21. The van der Waals surface area contributed by atoms with Crippen molar-refractivity contribution in [2.45, 2.75) is 38.6 Å². The first kappa shape index (κ1) is 15.7. The van der Waals surface area contributed by atoms with Crippen LogP contribution in [0.1, 0.15) is 50.4 Å². The van der Waals surface area contributed by atoms with Gasteiger partial charge in [0.2, 0.25) is 11.7 Å². The van der Waals surface area contributed by atoms with Crippen molar-refractivity contribution >= 4 is 5.82 Å². The van der Waals surface area contributed by atoms with Gasteiger partial charge in [-0.15, -0.1) is 0 Å². The summed E-state index contributed by atoms with van der Waals surface area (Å²) in [6.45, 7) is 4.21. The van der Waals surface area contributed by atoms with Gasteiger partial charge >= 0.3 is 0 Å². The van der Waals surface area contributed by atoms with Crippen LogP contribution in [-0.4, -0.2) is 25.1 Å². The smallest absolute Gasteiger partial charge is 0.249 e. The van der Waals surface area contributed by atoms with E-state index in [1.165, 1.54) is 12.8 Å². The van der Waals surface area contributed by atoms with E-state index >= 15 is 0 Å². The second-order valence-corrected chi connectivity index (χ2v) is 6.64. The number of rotatable bonds is 6. The molecule has 0 aliphatic heterocycles. The second-order valence-electron chi connectivity index (χ2n) is 6.64. The van der Waals surface area contributed by atoms with Gasteiger partial charge in [0, 0.05) is 30.1 Å². The number of nitrogens with one attached hydrogen (secondary N) is 1. The zero-order valence-electron chi connectivity index (χ0n) is 14.3. The largest absolute Gasteiger partial charge is 0.358 e. The Morgan fingerprint density at radius 3 is 2.76 bits per heavy atom. The molecule has 7 heteroatoms. The van der Waals surface area contributed by atoms with Gasteiger partial charge in [0.1, 0.15) is 17.7 Å². The van der Waals surface area contributed by atoms with Crippen molar-refractivity contribution in [1.82, 2.24) is 25.1 Å². The van der Waals surface area contributed by atoms with Gasteiger partial charge in [-0.25, -0.2) is 9.97 Å². The summed E-state index contributed by atoms with van der Waals surface area (Å²) in [5.41, 5.74) is 0.832. The van der Waals surface area contributed by atoms with Gasteiger partial charge in [-0.05, 0) is 37.0 Å². The Balaban J connectivity index is 1.57. The minimum Gasteiger partial charge on any atom is -0.358 e. The lowest BCUT2D eigenvalue weighted by molar-refractivity contribution is 0.335. The van der Waals surface area contributed by atoms with Crippen LogP contribution in [0.15, 0.2) is 41.3 Å². The second kappa shape index (κ2) is 6.58. The van der Waals surface area contributed by atoms with Crippen molar-refractivity contribution in [2.24, 2.45) is 5.92 Å². The molecule has 1 atom stereocenters. The van der Waals surface area contributed by atoms with Crippen LogP contribution in [0.4, 0.5) is 5.82 Å². The molecule has 0 amide bonds. The highest BCUT2D eigenvalue weighted by Crippen LogP contribution is 2.38. The quantitative estimate of drug-likeness (QED) is 0.735. The molecule has 1 unspecified atom stereocenters. The molecule has 0 bridgehead atoms. The average molecular weight is 336 g/mol. The highest BCUT2D eigenvalue weighted by Gasteiger charge is 2.28. The molecule has 3 aromatic heterocycles. The first-order valence-corrected chi connectivity index (χ1v) is 8.54. The summed E-state index contributed by atoms with van der Waals surface area (Å²) in [6.07, 6.45) is 7.59. The van der Waals surface area contributed by atoms with Gasteiger partial charge in [0.15, 0.2) is 0 Å². The van der Waals surface area contributed by atoms with E-state index in [2.05, 4.69) is 44.3 Å². The molecule has 25 heavy (non-hydrogen) atoms. The molecule has 0 radical (unpaired) electrons. The lowest BCUT2D eigenvalue weighted by Gasteiger charge is -2.19. The zero-order chi connectivity index (χ0) is 17.2. The van der Waals surface area contributed by atoms with Crippen molar-refractivity contribution in [2.75, 3.05) is 5.32 Å². The Morgan fingerprint density at radius 1 is 1.16 bits per heavy atom. The average Bonchev–Trinajstić information content (AvgIpc) is 3.38. The third-order valence-electron chi connectivity index (χ3n) is 4.21. The van der Waals surface area contributed by atoms with Gasteiger partial charge < -0.3 is 9.84 Å². The number of pyridine rings is 1. The van der Waals surface area contributed by atoms with E-state index in [0.29, 0.717) is 17.6 Å². The van der Waals surface area contributed by atoms with Crippen molar-refractivity contribution < 1.29 is 4.52 Å². The van der Waals surface area contributed by atoms with Gasteiger partial charge in [0.25, 0.3) is 0 Å². The molecule has 0 aromatic carbocycles. The minimum absolute atomic E-state index is 0.125. The number of anilines is 1. The molecule has 1 fully saturated rings. The van der Waals surface area contributed by atoms with E-state index in [1.54, 1.807) is 18.6 Å². The number of hydrogen-bond donors (Lipinski definition) is 1. The SMILES string of the molecule is CC(C)C(Nc1ccnc(C2CC2)n1)c1nc(-c2cccnc2)no1. The fourth-order valence-electron chi connectivity index (χ4n) is 2.64. The fourth-order valence-corrected chi connectivity index (χ4v) is 2.64. The van der Waals surface area contributed by atoms with Crippen LogP contribution in [0.5, 0.6) is 0 Å². The van der Waals surface area contributed by atoms with Gasteiger partial charge in [-0.3, -0.25) is 4.98 Å². The molecule has 1 aliphatic rings. The van der Waals surface area contributed by atoms with Gasteiger partial charge in [-0.1, -0.05) is 19.0 Å². The summed E-state index contributed by atoms with van der Waals surface area (Å²) in [7, 11) is 0. The Bertz CT molecular complexity index is 844. The van der Waals surface area contributed by atoms with Crippen molar-refractivity contribution in [3.8, 4) is 11.4 Å². The van der Waals surface area contributed by atoms with E-state index in [1.807, 2.05) is 18.2 Å². The van der Waals surface area contributed by atoms with Crippen LogP contribution < -0.4 is 5.32 Å². The van der Waals surface area contributed by atoms with Crippen molar-refractivity contribution in [1.29, 1.82) is 0 Å². The maximum Gasteiger partial charge on any atom is 0.249 e. The Kier molecular flexibility index (Phi) is 4.13. The van der Waals surface area contributed by atoms with E-state index in [0.717, 1.165) is 17.2 Å². The summed E-state index contributed by atoms with van der Waals surface area (Å²) < 4.78 is 5.51. The lowest BCUT2D eigenvalue weighted by atomic mass is 10.0. The summed E-state index contributed by atoms with van der Waals surface area (Å²) in [5.74, 6) is 3.55. The van der Waals surface area contributed by atoms with E-state index in [-0.39, 0.29) is 12.0 Å². The highest BCUT2D eigenvalue weighted by atomic mass is 16.5.